The van der Waals surface area contributed by atoms with Crippen LogP contribution in [0.3, 0.4) is 0 Å². The third-order valence-electron chi connectivity index (χ3n) is 0.963. The summed E-state index contributed by atoms with van der Waals surface area (Å²) in [5, 5.41) is 9.81. The fourth-order valence-corrected chi connectivity index (χ4v) is 0.166. The summed E-state index contributed by atoms with van der Waals surface area (Å²) in [7, 11) is 0. The van der Waals surface area contributed by atoms with Crippen molar-refractivity contribution in [1.82, 2.24) is 0 Å². The van der Waals surface area contributed by atoms with Crippen LogP contribution in [0.4, 0.5) is 0 Å². The summed E-state index contributed by atoms with van der Waals surface area (Å²) in [4.78, 5) is 20.0. The number of hydrogen-bond acceptors (Lipinski definition) is 3. The Morgan fingerprint density at radius 3 is 1.78 bits per heavy atom. The maximum Gasteiger partial charge on any atom is 1.00 e. The monoisotopic (exact) mass is 122 g/mol. The summed E-state index contributed by atoms with van der Waals surface area (Å²) in [5.41, 5.74) is 0. The minimum Gasteiger partial charge on any atom is -0.549 e. The van der Waals surface area contributed by atoms with Crippen molar-refractivity contribution in [3.63, 3.8) is 0 Å². The van der Waals surface area contributed by atoms with E-state index in [2.05, 4.69) is 0 Å². The van der Waals surface area contributed by atoms with E-state index in [0.717, 1.165) is 0 Å². The molecule has 0 saturated heterocycles. The number of aliphatic carboxylic acids is 1. The number of carboxylic acids is 1. The molecule has 0 heterocycles. The number of ketones is 1. The summed E-state index contributed by atoms with van der Waals surface area (Å²) >= 11 is 0. The van der Waals surface area contributed by atoms with Crippen molar-refractivity contribution in [3.8, 4) is 0 Å². The Morgan fingerprint density at radius 1 is 1.44 bits per heavy atom. The third-order valence-corrected chi connectivity index (χ3v) is 0.963. The first kappa shape index (κ1) is 11.5. The zero-order chi connectivity index (χ0) is 6.73. The second-order valence-corrected chi connectivity index (χ2v) is 1.65. The maximum atomic E-state index is 10.2. The van der Waals surface area contributed by atoms with E-state index in [1.165, 1.54) is 13.8 Å². The van der Waals surface area contributed by atoms with Gasteiger partial charge in [-0.3, -0.25) is 4.79 Å². The average molecular weight is 122 g/mol. The van der Waals surface area contributed by atoms with Gasteiger partial charge >= 0.3 is 18.9 Å². The number of rotatable bonds is 2. The van der Waals surface area contributed by atoms with Gasteiger partial charge in [0.1, 0.15) is 5.78 Å². The molecule has 0 fully saturated rings. The topological polar surface area (TPSA) is 57.2 Å². The predicted molar refractivity (Wildman–Crippen MR) is 24.9 cm³/mol. The molecule has 4 heteroatoms. The van der Waals surface area contributed by atoms with E-state index in [4.69, 9.17) is 0 Å². The van der Waals surface area contributed by atoms with Crippen molar-refractivity contribution in [1.29, 1.82) is 0 Å². The van der Waals surface area contributed by atoms with E-state index in [0.29, 0.717) is 0 Å². The van der Waals surface area contributed by atoms with Crippen LogP contribution in [0.2, 0.25) is 0 Å². The molecule has 3 nitrogen and oxygen atoms in total. The predicted octanol–water partition coefficient (Wildman–Crippen LogP) is -4.03. The molecule has 0 rings (SSSR count). The quantitative estimate of drug-likeness (QED) is 0.277. The largest absolute Gasteiger partial charge is 1.00 e. The molecular weight excluding hydrogens is 115 g/mol. The van der Waals surface area contributed by atoms with E-state index in [1.807, 2.05) is 0 Å². The number of carboxylic acid groups (broad SMARTS) is 1. The first-order chi connectivity index (χ1) is 3.55. The number of carbonyl (C=O) groups excluding carboxylic acids is 2. The molecule has 1 atom stereocenters. The molecule has 1 unspecified atom stereocenters. The first-order valence-corrected chi connectivity index (χ1v) is 2.27. The van der Waals surface area contributed by atoms with Gasteiger partial charge in [0.25, 0.3) is 0 Å². The van der Waals surface area contributed by atoms with Crippen LogP contribution in [0.25, 0.3) is 0 Å². The minimum atomic E-state index is -1.31. The summed E-state index contributed by atoms with van der Waals surface area (Å²) < 4.78 is 0. The van der Waals surface area contributed by atoms with Crippen molar-refractivity contribution in [2.75, 3.05) is 0 Å². The molecular formula is C5H7LiO3. The van der Waals surface area contributed by atoms with Gasteiger partial charge in [0, 0.05) is 0 Å². The average Bonchev–Trinajstić information content (AvgIpc) is 1.64. The maximum absolute atomic E-state index is 10.2. The van der Waals surface area contributed by atoms with Gasteiger partial charge in [-0.25, -0.2) is 0 Å². The molecule has 0 saturated carbocycles. The summed E-state index contributed by atoms with van der Waals surface area (Å²) in [6.45, 7) is 2.53. The molecule has 46 valence electrons. The van der Waals surface area contributed by atoms with Crippen LogP contribution in [0.15, 0.2) is 0 Å². The Labute approximate surface area is 65.6 Å². The molecule has 0 aliphatic heterocycles. The van der Waals surface area contributed by atoms with Gasteiger partial charge in [-0.2, -0.15) is 0 Å². The smallest absolute Gasteiger partial charge is 0.549 e. The first-order valence-electron chi connectivity index (χ1n) is 2.27. The van der Waals surface area contributed by atoms with Gasteiger partial charge in [0.15, 0.2) is 0 Å². The van der Waals surface area contributed by atoms with Crippen LogP contribution in [-0.2, 0) is 9.59 Å². The van der Waals surface area contributed by atoms with Gasteiger partial charge in [-0.05, 0) is 6.92 Å². The van der Waals surface area contributed by atoms with E-state index in [9.17, 15) is 14.7 Å². The molecule has 0 spiro atoms. The molecule has 0 aliphatic rings. The number of hydrogen-bond donors (Lipinski definition) is 0. The Balaban J connectivity index is 0. The molecule has 9 heavy (non-hydrogen) atoms. The van der Waals surface area contributed by atoms with E-state index < -0.39 is 11.9 Å². The standard InChI is InChI=1S/C5H8O3.Li/c1-3(4(2)6)5(7)8;/h3H,1-2H3,(H,7,8);/q;+1/p-1. The zero-order valence-corrected chi connectivity index (χ0v) is 5.80. The van der Waals surface area contributed by atoms with Crippen LogP contribution >= 0.6 is 0 Å². The van der Waals surface area contributed by atoms with Crippen molar-refractivity contribution < 1.29 is 33.6 Å². The fraction of sp³-hybridized carbons (Fsp3) is 0.600. The Bertz CT molecular complexity index is 107. The van der Waals surface area contributed by atoms with E-state index in [-0.39, 0.29) is 24.6 Å². The van der Waals surface area contributed by atoms with E-state index >= 15 is 0 Å². The Kier molecular flexibility index (Phi) is 5.89. The third kappa shape index (κ3) is 4.25. The number of carbonyl (C=O) groups is 2. The van der Waals surface area contributed by atoms with Crippen molar-refractivity contribution in [2.24, 2.45) is 5.92 Å². The van der Waals surface area contributed by atoms with Gasteiger partial charge in [0.2, 0.25) is 0 Å². The van der Waals surface area contributed by atoms with Crippen molar-refractivity contribution in [3.05, 3.63) is 0 Å². The summed E-state index contributed by atoms with van der Waals surface area (Å²) in [5.74, 6) is -2.64. The second-order valence-electron chi connectivity index (χ2n) is 1.65. The van der Waals surface area contributed by atoms with Crippen LogP contribution in [0.5, 0.6) is 0 Å². The Hall–Kier alpha value is -0.263. The zero-order valence-electron chi connectivity index (χ0n) is 5.80. The van der Waals surface area contributed by atoms with Crippen molar-refractivity contribution >= 4 is 11.8 Å². The normalized spacial score (nSPS) is 11.3. The van der Waals surface area contributed by atoms with Crippen molar-refractivity contribution in [2.45, 2.75) is 13.8 Å². The molecule has 0 aromatic heterocycles. The molecule has 0 aromatic rings. The summed E-state index contributed by atoms with van der Waals surface area (Å²) in [6.07, 6.45) is 0. The molecule has 0 bridgehead atoms. The SMILES string of the molecule is CC(=O)C(C)C(=O)[O-].[Li+]. The summed E-state index contributed by atoms with van der Waals surface area (Å²) in [6, 6.07) is 0. The minimum absolute atomic E-state index is 0. The molecule has 0 aromatic carbocycles. The molecule has 0 N–H and O–H groups in total. The number of Topliss-reactive ketones (excluding diaryl/α,β-unsaturated/α-hetero) is 1. The van der Waals surface area contributed by atoms with Gasteiger partial charge in [0.05, 0.1) is 11.9 Å². The van der Waals surface area contributed by atoms with Gasteiger partial charge < -0.3 is 9.90 Å². The van der Waals surface area contributed by atoms with Gasteiger partial charge in [-0.15, -0.1) is 0 Å². The van der Waals surface area contributed by atoms with Crippen LogP contribution in [-0.4, -0.2) is 11.8 Å². The Morgan fingerprint density at radius 2 is 1.78 bits per heavy atom. The van der Waals surface area contributed by atoms with Crippen LogP contribution < -0.4 is 24.0 Å². The molecule has 0 aliphatic carbocycles. The van der Waals surface area contributed by atoms with Crippen LogP contribution in [0.1, 0.15) is 13.8 Å². The second kappa shape index (κ2) is 4.60. The molecule has 0 amide bonds. The van der Waals surface area contributed by atoms with Crippen LogP contribution in [0, 0.1) is 5.92 Å². The van der Waals surface area contributed by atoms with E-state index in [1.54, 1.807) is 0 Å². The molecule has 0 radical (unpaired) electrons. The van der Waals surface area contributed by atoms with Gasteiger partial charge in [-0.1, -0.05) is 6.92 Å². The fourth-order valence-electron chi connectivity index (χ4n) is 0.166.